The number of aliphatic imine (C=N–C) groups is 1. The van der Waals surface area contributed by atoms with Crippen LogP contribution in [0.5, 0.6) is 5.75 Å². The molecule has 0 bridgehead atoms. The fourth-order valence-corrected chi connectivity index (χ4v) is 2.63. The van der Waals surface area contributed by atoms with Crippen molar-refractivity contribution in [3.05, 3.63) is 70.9 Å². The Morgan fingerprint density at radius 3 is 2.62 bits per heavy atom. The third-order valence-corrected chi connectivity index (χ3v) is 3.97. The van der Waals surface area contributed by atoms with E-state index in [1.165, 1.54) is 11.1 Å². The molecule has 0 atom stereocenters. The first-order valence-electron chi connectivity index (χ1n) is 7.86. The predicted octanol–water partition coefficient (Wildman–Crippen LogP) is 3.93. The van der Waals surface area contributed by atoms with E-state index in [1.54, 1.807) is 13.2 Å². The average molecular weight is 321 g/mol. The summed E-state index contributed by atoms with van der Waals surface area (Å²) in [6.45, 7) is 2.07. The third-order valence-electron chi connectivity index (χ3n) is 3.97. The molecular weight excluding hydrogens is 302 g/mol. The molecule has 0 amide bonds. The summed E-state index contributed by atoms with van der Waals surface area (Å²) in [5.74, 6) is 0.742. The maximum Gasteiger partial charge on any atom is 0.363 e. The second-order valence-corrected chi connectivity index (χ2v) is 5.59. The Balaban J connectivity index is 1.76. The van der Waals surface area contributed by atoms with E-state index in [0.717, 1.165) is 12.0 Å². The first-order valence-corrected chi connectivity index (χ1v) is 7.86. The molecule has 0 aliphatic carbocycles. The smallest absolute Gasteiger partial charge is 0.363 e. The Hall–Kier alpha value is -2.88. The number of carbonyl (C=O) groups is 1. The lowest BCUT2D eigenvalue weighted by molar-refractivity contribution is -0.130. The van der Waals surface area contributed by atoms with Crippen LogP contribution >= 0.6 is 0 Å². The number of methoxy groups -OCH3 is 1. The quantitative estimate of drug-likeness (QED) is 0.619. The fourth-order valence-electron chi connectivity index (χ4n) is 2.63. The molecule has 24 heavy (non-hydrogen) atoms. The summed E-state index contributed by atoms with van der Waals surface area (Å²) in [6.07, 6.45) is 3.09. The molecule has 0 saturated carbocycles. The zero-order valence-corrected chi connectivity index (χ0v) is 13.8. The zero-order valence-electron chi connectivity index (χ0n) is 13.8. The Bertz CT molecular complexity index is 821. The number of para-hydroxylation sites is 1. The lowest BCUT2D eigenvalue weighted by Crippen LogP contribution is -2.05. The lowest BCUT2D eigenvalue weighted by Gasteiger charge is -2.04. The van der Waals surface area contributed by atoms with Crippen LogP contribution in [0.15, 0.2) is 59.2 Å². The summed E-state index contributed by atoms with van der Waals surface area (Å²) in [5.41, 5.74) is 3.57. The van der Waals surface area contributed by atoms with Crippen molar-refractivity contribution in [2.45, 2.75) is 19.8 Å². The summed E-state index contributed by atoms with van der Waals surface area (Å²) >= 11 is 0. The molecule has 122 valence electrons. The highest BCUT2D eigenvalue weighted by molar-refractivity contribution is 6.07. The summed E-state index contributed by atoms with van der Waals surface area (Å²) in [5, 5.41) is 0. The topological polar surface area (TPSA) is 47.9 Å². The van der Waals surface area contributed by atoms with Gasteiger partial charge in [-0.05, 0) is 36.6 Å². The van der Waals surface area contributed by atoms with Gasteiger partial charge in [0.05, 0.1) is 7.11 Å². The van der Waals surface area contributed by atoms with E-state index < -0.39 is 5.97 Å². The second-order valence-electron chi connectivity index (χ2n) is 5.59. The largest absolute Gasteiger partial charge is 0.496 e. The summed E-state index contributed by atoms with van der Waals surface area (Å²) in [7, 11) is 1.60. The number of cyclic esters (lactones) is 1. The summed E-state index contributed by atoms with van der Waals surface area (Å²) in [4.78, 5) is 16.4. The molecular formula is C20H19NO3. The van der Waals surface area contributed by atoms with Crippen molar-refractivity contribution in [1.29, 1.82) is 0 Å². The molecule has 1 heterocycles. The Labute approximate surface area is 141 Å². The van der Waals surface area contributed by atoms with Crippen LogP contribution in [0.1, 0.15) is 23.1 Å². The maximum atomic E-state index is 12.0. The van der Waals surface area contributed by atoms with Gasteiger partial charge in [-0.3, -0.25) is 0 Å². The molecule has 1 aliphatic rings. The molecule has 0 N–H and O–H groups in total. The van der Waals surface area contributed by atoms with Crippen LogP contribution in [0.3, 0.4) is 0 Å². The second kappa shape index (κ2) is 7.13. The van der Waals surface area contributed by atoms with Gasteiger partial charge in [0, 0.05) is 12.0 Å². The number of esters is 1. The van der Waals surface area contributed by atoms with Crippen LogP contribution in [0.2, 0.25) is 0 Å². The third kappa shape index (κ3) is 3.54. The molecule has 0 saturated heterocycles. The molecule has 0 unspecified atom stereocenters. The number of rotatable bonds is 5. The highest BCUT2D eigenvalue weighted by Crippen LogP contribution is 2.24. The minimum Gasteiger partial charge on any atom is -0.496 e. The van der Waals surface area contributed by atoms with Crippen LogP contribution < -0.4 is 4.74 Å². The monoisotopic (exact) mass is 321 g/mol. The zero-order chi connectivity index (χ0) is 16.9. The van der Waals surface area contributed by atoms with Crippen LogP contribution in [0.25, 0.3) is 6.08 Å². The van der Waals surface area contributed by atoms with Gasteiger partial charge in [-0.2, -0.15) is 0 Å². The van der Waals surface area contributed by atoms with E-state index in [1.807, 2.05) is 36.4 Å². The van der Waals surface area contributed by atoms with Crippen molar-refractivity contribution in [2.24, 2.45) is 4.99 Å². The SMILES string of the molecule is COc1ccccc1/C=C1\N=C(CCc2ccccc2C)OC1=O. The van der Waals surface area contributed by atoms with Crippen molar-refractivity contribution in [1.82, 2.24) is 0 Å². The summed E-state index contributed by atoms with van der Waals surface area (Å²) < 4.78 is 10.6. The van der Waals surface area contributed by atoms with E-state index in [2.05, 4.69) is 24.0 Å². The fraction of sp³-hybridized carbons (Fsp3) is 0.200. The Morgan fingerprint density at radius 2 is 1.83 bits per heavy atom. The van der Waals surface area contributed by atoms with Gasteiger partial charge in [-0.25, -0.2) is 9.79 Å². The highest BCUT2D eigenvalue weighted by Gasteiger charge is 2.23. The predicted molar refractivity (Wildman–Crippen MR) is 94.0 cm³/mol. The standard InChI is InChI=1S/C20H19NO3/c1-14-7-3-4-8-15(14)11-12-19-21-17(20(22)24-19)13-16-9-5-6-10-18(16)23-2/h3-10,13H,11-12H2,1-2H3/b17-13-. The van der Waals surface area contributed by atoms with E-state index in [0.29, 0.717) is 23.8 Å². The normalized spacial score (nSPS) is 15.3. The van der Waals surface area contributed by atoms with Crippen molar-refractivity contribution >= 4 is 17.9 Å². The summed E-state index contributed by atoms with van der Waals surface area (Å²) in [6, 6.07) is 15.7. The number of hydrogen-bond acceptors (Lipinski definition) is 4. The van der Waals surface area contributed by atoms with Crippen molar-refractivity contribution in [3.8, 4) is 5.75 Å². The number of ether oxygens (including phenoxy) is 2. The van der Waals surface area contributed by atoms with Gasteiger partial charge < -0.3 is 9.47 Å². The highest BCUT2D eigenvalue weighted by atomic mass is 16.6. The van der Waals surface area contributed by atoms with Gasteiger partial charge in [0.1, 0.15) is 5.75 Å². The van der Waals surface area contributed by atoms with E-state index >= 15 is 0 Å². The van der Waals surface area contributed by atoms with Crippen molar-refractivity contribution in [3.63, 3.8) is 0 Å². The average Bonchev–Trinajstić information content (AvgIpc) is 2.94. The Kier molecular flexibility index (Phi) is 4.75. The van der Waals surface area contributed by atoms with Crippen molar-refractivity contribution in [2.75, 3.05) is 7.11 Å². The van der Waals surface area contributed by atoms with Gasteiger partial charge in [0.15, 0.2) is 11.6 Å². The molecule has 0 radical (unpaired) electrons. The van der Waals surface area contributed by atoms with Crippen LogP contribution in [0, 0.1) is 6.92 Å². The molecule has 0 fully saturated rings. The van der Waals surface area contributed by atoms with E-state index in [4.69, 9.17) is 9.47 Å². The maximum absolute atomic E-state index is 12.0. The molecule has 2 aromatic carbocycles. The van der Waals surface area contributed by atoms with Gasteiger partial charge in [0.25, 0.3) is 0 Å². The van der Waals surface area contributed by atoms with Gasteiger partial charge in [0.2, 0.25) is 0 Å². The first-order chi connectivity index (χ1) is 11.7. The first kappa shape index (κ1) is 16.0. The van der Waals surface area contributed by atoms with Gasteiger partial charge in [-0.1, -0.05) is 42.5 Å². The van der Waals surface area contributed by atoms with Crippen molar-refractivity contribution < 1.29 is 14.3 Å². The molecule has 1 aliphatic heterocycles. The van der Waals surface area contributed by atoms with Gasteiger partial charge >= 0.3 is 5.97 Å². The van der Waals surface area contributed by atoms with Gasteiger partial charge in [-0.15, -0.1) is 0 Å². The number of nitrogens with zero attached hydrogens (tertiary/aromatic N) is 1. The molecule has 3 rings (SSSR count). The van der Waals surface area contributed by atoms with E-state index in [-0.39, 0.29) is 0 Å². The van der Waals surface area contributed by atoms with Crippen LogP contribution in [0.4, 0.5) is 0 Å². The van der Waals surface area contributed by atoms with E-state index in [9.17, 15) is 4.79 Å². The Morgan fingerprint density at radius 1 is 1.08 bits per heavy atom. The number of aryl methyl sites for hydroxylation is 2. The molecule has 4 heteroatoms. The molecule has 4 nitrogen and oxygen atoms in total. The lowest BCUT2D eigenvalue weighted by atomic mass is 10.0. The minimum absolute atomic E-state index is 0.305. The number of carbonyl (C=O) groups excluding carboxylic acids is 1. The molecule has 0 aromatic heterocycles. The minimum atomic E-state index is -0.416. The molecule has 2 aromatic rings. The number of hydrogen-bond donors (Lipinski definition) is 0. The van der Waals surface area contributed by atoms with Crippen LogP contribution in [-0.2, 0) is 16.0 Å². The molecule has 0 spiro atoms. The number of benzene rings is 2. The van der Waals surface area contributed by atoms with Crippen LogP contribution in [-0.4, -0.2) is 19.0 Å².